The van der Waals surface area contributed by atoms with E-state index in [1.54, 1.807) is 11.8 Å². The van der Waals surface area contributed by atoms with Gasteiger partial charge in [-0.15, -0.1) is 11.8 Å². The number of carboxylic acids is 2. The minimum Gasteiger partial charge on any atom is -0.481 e. The van der Waals surface area contributed by atoms with Crippen molar-refractivity contribution < 1.29 is 19.8 Å². The van der Waals surface area contributed by atoms with Crippen LogP contribution < -0.4 is 0 Å². The van der Waals surface area contributed by atoms with E-state index in [0.29, 0.717) is 24.2 Å². The Bertz CT molecular complexity index is 421. The van der Waals surface area contributed by atoms with Crippen LogP contribution in [0.4, 0.5) is 0 Å². The zero-order valence-corrected chi connectivity index (χ0v) is 11.5. The summed E-state index contributed by atoms with van der Waals surface area (Å²) in [6.07, 6.45) is 2.18. The van der Waals surface area contributed by atoms with Crippen molar-refractivity contribution >= 4 is 23.7 Å². The Hall–Kier alpha value is -1.23. The van der Waals surface area contributed by atoms with E-state index in [0.717, 1.165) is 22.5 Å². The molecule has 0 radical (unpaired) electrons. The maximum Gasteiger partial charge on any atom is 0.331 e. The summed E-state index contributed by atoms with van der Waals surface area (Å²) in [5.41, 5.74) is 2.43. The highest BCUT2D eigenvalue weighted by atomic mass is 32.2. The molecule has 4 nitrogen and oxygen atoms in total. The molecule has 0 atom stereocenters. The second-order valence-electron chi connectivity index (χ2n) is 4.16. The van der Waals surface area contributed by atoms with Crippen LogP contribution in [0.1, 0.15) is 39.5 Å². The topological polar surface area (TPSA) is 74.6 Å². The van der Waals surface area contributed by atoms with Crippen molar-refractivity contribution in [2.45, 2.75) is 39.5 Å². The first-order valence-electron chi connectivity index (χ1n) is 5.97. The third-order valence-corrected chi connectivity index (χ3v) is 4.26. The molecule has 0 fully saturated rings. The lowest BCUT2D eigenvalue weighted by atomic mass is 9.90. The fraction of sp³-hybridized carbons (Fsp3) is 0.538. The first-order chi connectivity index (χ1) is 8.47. The van der Waals surface area contributed by atoms with E-state index in [4.69, 9.17) is 10.2 Å². The van der Waals surface area contributed by atoms with Gasteiger partial charge < -0.3 is 10.2 Å². The fourth-order valence-corrected chi connectivity index (χ4v) is 3.36. The van der Waals surface area contributed by atoms with Crippen LogP contribution in [0.25, 0.3) is 0 Å². The molecule has 18 heavy (non-hydrogen) atoms. The SMILES string of the molecule is CCC1=C(SCCC(=O)O)CCC(C(=O)O)=C1C. The molecule has 1 rings (SSSR count). The third kappa shape index (κ3) is 3.63. The van der Waals surface area contributed by atoms with Crippen LogP contribution in [0.3, 0.4) is 0 Å². The van der Waals surface area contributed by atoms with Crippen molar-refractivity contribution in [3.05, 3.63) is 21.6 Å². The molecule has 2 N–H and O–H groups in total. The molecule has 0 aromatic rings. The summed E-state index contributed by atoms with van der Waals surface area (Å²) in [5, 5.41) is 17.7. The highest BCUT2D eigenvalue weighted by molar-refractivity contribution is 8.03. The molecule has 0 amide bonds. The zero-order valence-electron chi connectivity index (χ0n) is 10.7. The van der Waals surface area contributed by atoms with E-state index in [1.807, 2.05) is 13.8 Å². The quantitative estimate of drug-likeness (QED) is 0.776. The van der Waals surface area contributed by atoms with Crippen LogP contribution in [0.2, 0.25) is 0 Å². The van der Waals surface area contributed by atoms with E-state index >= 15 is 0 Å². The molecule has 0 saturated carbocycles. The molecule has 0 saturated heterocycles. The first kappa shape index (κ1) is 14.8. The summed E-state index contributed by atoms with van der Waals surface area (Å²) in [7, 11) is 0. The van der Waals surface area contributed by atoms with Gasteiger partial charge in [-0.25, -0.2) is 4.79 Å². The van der Waals surface area contributed by atoms with E-state index in [-0.39, 0.29) is 6.42 Å². The Labute approximate surface area is 111 Å². The predicted molar refractivity (Wildman–Crippen MR) is 71.6 cm³/mol. The number of hydrogen-bond donors (Lipinski definition) is 2. The molecule has 0 spiro atoms. The molecular weight excluding hydrogens is 252 g/mol. The average molecular weight is 270 g/mol. The van der Waals surface area contributed by atoms with E-state index in [9.17, 15) is 9.59 Å². The van der Waals surface area contributed by atoms with Crippen molar-refractivity contribution in [1.82, 2.24) is 0 Å². The Morgan fingerprint density at radius 1 is 1.28 bits per heavy atom. The maximum absolute atomic E-state index is 11.1. The van der Waals surface area contributed by atoms with Gasteiger partial charge in [-0.2, -0.15) is 0 Å². The molecular formula is C13H18O4S. The molecule has 0 unspecified atom stereocenters. The Morgan fingerprint density at radius 3 is 2.44 bits per heavy atom. The summed E-state index contributed by atoms with van der Waals surface area (Å²) < 4.78 is 0. The highest BCUT2D eigenvalue weighted by Gasteiger charge is 2.22. The molecule has 5 heteroatoms. The van der Waals surface area contributed by atoms with Gasteiger partial charge in [-0.3, -0.25) is 4.79 Å². The number of carbonyl (C=O) groups is 2. The van der Waals surface area contributed by atoms with Gasteiger partial charge in [-0.05, 0) is 42.2 Å². The number of hydrogen-bond acceptors (Lipinski definition) is 3. The van der Waals surface area contributed by atoms with E-state index < -0.39 is 11.9 Å². The van der Waals surface area contributed by atoms with Gasteiger partial charge in [0.15, 0.2) is 0 Å². The lowest BCUT2D eigenvalue weighted by molar-refractivity contribution is -0.136. The molecule has 0 aromatic heterocycles. The molecule has 0 bridgehead atoms. The predicted octanol–water partition coefficient (Wildman–Crippen LogP) is 3.05. The summed E-state index contributed by atoms with van der Waals surface area (Å²) >= 11 is 1.55. The zero-order chi connectivity index (χ0) is 13.7. The Kier molecular flexibility index (Phi) is 5.47. The Morgan fingerprint density at radius 2 is 1.94 bits per heavy atom. The largest absolute Gasteiger partial charge is 0.481 e. The van der Waals surface area contributed by atoms with Crippen LogP contribution in [0.5, 0.6) is 0 Å². The number of thioether (sulfide) groups is 1. The van der Waals surface area contributed by atoms with Gasteiger partial charge in [0, 0.05) is 11.3 Å². The minimum atomic E-state index is -0.840. The van der Waals surface area contributed by atoms with Gasteiger partial charge in [0.1, 0.15) is 0 Å². The van der Waals surface area contributed by atoms with E-state index in [2.05, 4.69) is 0 Å². The second kappa shape index (κ2) is 6.64. The summed E-state index contributed by atoms with van der Waals surface area (Å²) in [5.74, 6) is -1.09. The number of rotatable bonds is 6. The standard InChI is InChI=1S/C13H18O4S/c1-3-9-8(2)10(13(16)17)4-5-11(9)18-7-6-12(14)15/h3-7H2,1-2H3,(H,14,15)(H,16,17). The van der Waals surface area contributed by atoms with Gasteiger partial charge >= 0.3 is 11.9 Å². The monoisotopic (exact) mass is 270 g/mol. The smallest absolute Gasteiger partial charge is 0.331 e. The average Bonchev–Trinajstić information content (AvgIpc) is 2.28. The highest BCUT2D eigenvalue weighted by Crippen LogP contribution is 2.38. The van der Waals surface area contributed by atoms with Crippen molar-refractivity contribution in [2.24, 2.45) is 0 Å². The van der Waals surface area contributed by atoms with Crippen molar-refractivity contribution in [2.75, 3.05) is 5.75 Å². The summed E-state index contributed by atoms with van der Waals surface area (Å²) in [6.45, 7) is 3.85. The van der Waals surface area contributed by atoms with Gasteiger partial charge in [0.05, 0.1) is 6.42 Å². The Balaban J connectivity index is 2.85. The van der Waals surface area contributed by atoms with Crippen LogP contribution in [-0.4, -0.2) is 27.9 Å². The van der Waals surface area contributed by atoms with Crippen LogP contribution >= 0.6 is 11.8 Å². The molecule has 1 aliphatic rings. The van der Waals surface area contributed by atoms with Gasteiger partial charge in [0.2, 0.25) is 0 Å². The van der Waals surface area contributed by atoms with Crippen molar-refractivity contribution in [3.63, 3.8) is 0 Å². The number of allylic oxidation sites excluding steroid dienone is 3. The fourth-order valence-electron chi connectivity index (χ4n) is 2.12. The lowest BCUT2D eigenvalue weighted by Crippen LogP contribution is -2.10. The normalized spacial score (nSPS) is 16.1. The van der Waals surface area contributed by atoms with Gasteiger partial charge in [-0.1, -0.05) is 6.92 Å². The molecule has 0 heterocycles. The third-order valence-electron chi connectivity index (χ3n) is 3.05. The van der Waals surface area contributed by atoms with Crippen LogP contribution in [0.15, 0.2) is 21.6 Å². The van der Waals surface area contributed by atoms with Crippen LogP contribution in [0, 0.1) is 0 Å². The van der Waals surface area contributed by atoms with Crippen molar-refractivity contribution in [1.29, 1.82) is 0 Å². The number of carboxylic acid groups (broad SMARTS) is 2. The second-order valence-corrected chi connectivity index (χ2v) is 5.35. The lowest BCUT2D eigenvalue weighted by Gasteiger charge is -2.21. The number of aliphatic carboxylic acids is 2. The summed E-state index contributed by atoms with van der Waals surface area (Å²) in [6, 6.07) is 0. The maximum atomic E-state index is 11.1. The molecule has 0 aromatic carbocycles. The molecule has 1 aliphatic carbocycles. The van der Waals surface area contributed by atoms with Crippen molar-refractivity contribution in [3.8, 4) is 0 Å². The summed E-state index contributed by atoms with van der Waals surface area (Å²) in [4.78, 5) is 22.7. The molecule has 0 aliphatic heterocycles. The minimum absolute atomic E-state index is 0.139. The molecule has 100 valence electrons. The van der Waals surface area contributed by atoms with Gasteiger partial charge in [0.25, 0.3) is 0 Å². The first-order valence-corrected chi connectivity index (χ1v) is 6.96. The van der Waals surface area contributed by atoms with Crippen LogP contribution in [-0.2, 0) is 9.59 Å². The van der Waals surface area contributed by atoms with E-state index in [1.165, 1.54) is 0 Å².